The van der Waals surface area contributed by atoms with E-state index in [0.29, 0.717) is 0 Å². The predicted octanol–water partition coefficient (Wildman–Crippen LogP) is 2.29. The van der Waals surface area contributed by atoms with Crippen molar-refractivity contribution < 1.29 is 19.0 Å². The minimum absolute atomic E-state index is 0.119. The fourth-order valence-corrected chi connectivity index (χ4v) is 1.52. The van der Waals surface area contributed by atoms with E-state index in [1.807, 2.05) is 0 Å². The number of carbonyl (C=O) groups is 1. The molecule has 0 atom stereocenters. The van der Waals surface area contributed by atoms with Gasteiger partial charge < -0.3 is 9.84 Å². The van der Waals surface area contributed by atoms with Crippen LogP contribution in [-0.4, -0.2) is 18.2 Å². The van der Waals surface area contributed by atoms with E-state index in [4.69, 9.17) is 9.84 Å². The average molecular weight is 249 g/mol. The second-order valence-electron chi connectivity index (χ2n) is 2.27. The zero-order valence-electron chi connectivity index (χ0n) is 6.67. The second kappa shape index (κ2) is 3.74. The van der Waals surface area contributed by atoms with Gasteiger partial charge in [-0.3, -0.25) is 0 Å². The summed E-state index contributed by atoms with van der Waals surface area (Å²) in [6.45, 7) is 0. The van der Waals surface area contributed by atoms with Crippen molar-refractivity contribution in [1.82, 2.24) is 0 Å². The summed E-state index contributed by atoms with van der Waals surface area (Å²) < 4.78 is 17.8. The molecule has 1 N–H and O–H groups in total. The summed E-state index contributed by atoms with van der Waals surface area (Å²) in [6, 6.07) is 2.05. The zero-order valence-corrected chi connectivity index (χ0v) is 8.26. The molecule has 1 aromatic carbocycles. The standard InChI is InChI=1S/C8H6BrFO3/c1-13-7-5(8(11)12)2-4(10)3-6(7)9/h2-3H,1H3,(H,11,12). The molecule has 0 saturated carbocycles. The van der Waals surface area contributed by atoms with Crippen LogP contribution in [0.1, 0.15) is 10.4 Å². The van der Waals surface area contributed by atoms with Crippen molar-refractivity contribution in [2.24, 2.45) is 0 Å². The largest absolute Gasteiger partial charge is 0.495 e. The molecule has 0 amide bonds. The van der Waals surface area contributed by atoms with Gasteiger partial charge in [0.05, 0.1) is 11.6 Å². The molecule has 0 aliphatic heterocycles. The van der Waals surface area contributed by atoms with E-state index in [1.54, 1.807) is 0 Å². The topological polar surface area (TPSA) is 46.5 Å². The number of aromatic carboxylic acids is 1. The minimum Gasteiger partial charge on any atom is -0.495 e. The van der Waals surface area contributed by atoms with Gasteiger partial charge in [-0.05, 0) is 28.1 Å². The van der Waals surface area contributed by atoms with Crippen LogP contribution >= 0.6 is 15.9 Å². The normalized spacial score (nSPS) is 9.77. The number of carboxylic acid groups (broad SMARTS) is 1. The maximum Gasteiger partial charge on any atom is 0.339 e. The Morgan fingerprint density at radius 3 is 2.69 bits per heavy atom. The van der Waals surface area contributed by atoms with Crippen LogP contribution in [0.4, 0.5) is 4.39 Å². The van der Waals surface area contributed by atoms with Gasteiger partial charge >= 0.3 is 5.97 Å². The van der Waals surface area contributed by atoms with Crippen molar-refractivity contribution in [3.63, 3.8) is 0 Å². The lowest BCUT2D eigenvalue weighted by Crippen LogP contribution is -2.01. The van der Waals surface area contributed by atoms with Gasteiger partial charge in [0.15, 0.2) is 0 Å². The van der Waals surface area contributed by atoms with Gasteiger partial charge in [0, 0.05) is 0 Å². The lowest BCUT2D eigenvalue weighted by Gasteiger charge is -2.06. The molecule has 0 radical (unpaired) electrons. The highest BCUT2D eigenvalue weighted by Gasteiger charge is 2.15. The van der Waals surface area contributed by atoms with Crippen LogP contribution in [-0.2, 0) is 0 Å². The molecule has 3 nitrogen and oxygen atoms in total. The van der Waals surface area contributed by atoms with Crippen LogP contribution in [0.25, 0.3) is 0 Å². The quantitative estimate of drug-likeness (QED) is 0.874. The average Bonchev–Trinajstić information content (AvgIpc) is 2.02. The summed E-state index contributed by atoms with van der Waals surface area (Å²) in [5.41, 5.74) is -0.200. The van der Waals surface area contributed by atoms with Gasteiger partial charge in [-0.15, -0.1) is 0 Å². The van der Waals surface area contributed by atoms with Gasteiger partial charge in [-0.25, -0.2) is 9.18 Å². The van der Waals surface area contributed by atoms with E-state index in [9.17, 15) is 9.18 Å². The monoisotopic (exact) mass is 248 g/mol. The molecule has 0 bridgehead atoms. The fraction of sp³-hybridized carbons (Fsp3) is 0.125. The molecule has 13 heavy (non-hydrogen) atoms. The first kappa shape index (κ1) is 9.98. The Kier molecular flexibility index (Phi) is 2.87. The Labute approximate surface area is 82.3 Å². The third kappa shape index (κ3) is 1.98. The maximum atomic E-state index is 12.8. The molecule has 0 aromatic heterocycles. The highest BCUT2D eigenvalue weighted by atomic mass is 79.9. The van der Waals surface area contributed by atoms with Gasteiger partial charge in [0.2, 0.25) is 0 Å². The van der Waals surface area contributed by atoms with Crippen molar-refractivity contribution in [3.8, 4) is 5.75 Å². The molecule has 0 aliphatic carbocycles. The molecular weight excluding hydrogens is 243 g/mol. The van der Waals surface area contributed by atoms with Gasteiger partial charge in [-0.1, -0.05) is 0 Å². The van der Waals surface area contributed by atoms with E-state index in [0.717, 1.165) is 12.1 Å². The first-order valence-electron chi connectivity index (χ1n) is 3.32. The molecule has 0 fully saturated rings. The van der Waals surface area contributed by atoms with Gasteiger partial charge in [0.1, 0.15) is 17.1 Å². The number of ether oxygens (including phenoxy) is 1. The predicted molar refractivity (Wildman–Crippen MR) is 47.6 cm³/mol. The van der Waals surface area contributed by atoms with Crippen molar-refractivity contribution in [2.75, 3.05) is 7.11 Å². The number of benzene rings is 1. The summed E-state index contributed by atoms with van der Waals surface area (Å²) >= 11 is 3.00. The van der Waals surface area contributed by atoms with Gasteiger partial charge in [0.25, 0.3) is 0 Å². The third-order valence-corrected chi connectivity index (χ3v) is 2.03. The molecule has 1 aromatic rings. The molecule has 5 heteroatoms. The highest BCUT2D eigenvalue weighted by Crippen LogP contribution is 2.29. The lowest BCUT2D eigenvalue weighted by molar-refractivity contribution is 0.0692. The van der Waals surface area contributed by atoms with Crippen LogP contribution in [0.3, 0.4) is 0 Å². The molecule has 0 spiro atoms. The molecule has 0 aliphatic rings. The zero-order chi connectivity index (χ0) is 10.0. The Morgan fingerprint density at radius 2 is 2.23 bits per heavy atom. The summed E-state index contributed by atoms with van der Waals surface area (Å²) in [5, 5.41) is 8.68. The first-order valence-corrected chi connectivity index (χ1v) is 4.12. The molecule has 0 heterocycles. The van der Waals surface area contributed by atoms with Crippen LogP contribution in [0, 0.1) is 5.82 Å². The summed E-state index contributed by atoms with van der Waals surface area (Å²) in [6.07, 6.45) is 0. The summed E-state index contributed by atoms with van der Waals surface area (Å²) in [5.74, 6) is -1.73. The molecule has 0 saturated heterocycles. The number of hydrogen-bond donors (Lipinski definition) is 1. The van der Waals surface area contributed by atoms with E-state index in [-0.39, 0.29) is 15.8 Å². The summed E-state index contributed by atoms with van der Waals surface area (Å²) in [7, 11) is 1.32. The van der Waals surface area contributed by atoms with Gasteiger partial charge in [-0.2, -0.15) is 0 Å². The number of rotatable bonds is 2. The maximum absolute atomic E-state index is 12.8. The van der Waals surface area contributed by atoms with Crippen molar-refractivity contribution in [2.45, 2.75) is 0 Å². The summed E-state index contributed by atoms with van der Waals surface area (Å²) in [4.78, 5) is 10.6. The van der Waals surface area contributed by atoms with Crippen molar-refractivity contribution in [1.29, 1.82) is 0 Å². The van der Waals surface area contributed by atoms with Crippen molar-refractivity contribution in [3.05, 3.63) is 28.0 Å². The number of hydrogen-bond acceptors (Lipinski definition) is 2. The van der Waals surface area contributed by atoms with Crippen LogP contribution in [0.15, 0.2) is 16.6 Å². The first-order chi connectivity index (χ1) is 6.06. The molecular formula is C8H6BrFO3. The molecule has 0 unspecified atom stereocenters. The van der Waals surface area contributed by atoms with E-state index in [1.165, 1.54) is 7.11 Å². The fourth-order valence-electron chi connectivity index (χ4n) is 0.927. The van der Waals surface area contributed by atoms with Crippen molar-refractivity contribution >= 4 is 21.9 Å². The Morgan fingerprint density at radius 1 is 1.62 bits per heavy atom. The number of carboxylic acids is 1. The molecule has 1 rings (SSSR count). The van der Waals surface area contributed by atoms with E-state index in [2.05, 4.69) is 15.9 Å². The Hall–Kier alpha value is -1.10. The van der Waals surface area contributed by atoms with Crippen LogP contribution < -0.4 is 4.74 Å². The lowest BCUT2D eigenvalue weighted by atomic mass is 10.2. The SMILES string of the molecule is COc1c(Br)cc(F)cc1C(=O)O. The van der Waals surface area contributed by atoms with E-state index >= 15 is 0 Å². The van der Waals surface area contributed by atoms with E-state index < -0.39 is 11.8 Å². The smallest absolute Gasteiger partial charge is 0.339 e. The second-order valence-corrected chi connectivity index (χ2v) is 3.13. The van der Waals surface area contributed by atoms with Crippen LogP contribution in [0.2, 0.25) is 0 Å². The minimum atomic E-state index is -1.22. The Bertz CT molecular complexity index is 351. The Balaban J connectivity index is 3.38. The third-order valence-electron chi connectivity index (χ3n) is 1.44. The number of halogens is 2. The molecule has 70 valence electrons. The highest BCUT2D eigenvalue weighted by molar-refractivity contribution is 9.10. The van der Waals surface area contributed by atoms with Crippen LogP contribution in [0.5, 0.6) is 5.75 Å². The number of methoxy groups -OCH3 is 1.